The molecule has 4 rings (SSSR count). The molecule has 1 aliphatic carbocycles. The summed E-state index contributed by atoms with van der Waals surface area (Å²) in [6.07, 6.45) is 7.84. The zero-order chi connectivity index (χ0) is 25.7. The van der Waals surface area contributed by atoms with Crippen molar-refractivity contribution in [3.05, 3.63) is 51.5 Å². The van der Waals surface area contributed by atoms with E-state index in [9.17, 15) is 14.4 Å². The fourth-order valence-electron chi connectivity index (χ4n) is 5.35. The summed E-state index contributed by atoms with van der Waals surface area (Å²) in [7, 11) is 1.75. The highest BCUT2D eigenvalue weighted by Gasteiger charge is 2.40. The maximum absolute atomic E-state index is 13.9. The first-order valence-electron chi connectivity index (χ1n) is 13.3. The fraction of sp³-hybridized carbons (Fsp3) is 0.571. The van der Waals surface area contributed by atoms with E-state index < -0.39 is 6.04 Å². The molecule has 2 N–H and O–H groups in total. The zero-order valence-corrected chi connectivity index (χ0v) is 22.4. The van der Waals surface area contributed by atoms with Gasteiger partial charge in [-0.25, -0.2) is 4.98 Å². The molecule has 8 heteroatoms. The van der Waals surface area contributed by atoms with Gasteiger partial charge in [0.2, 0.25) is 17.6 Å². The molecular weight excluding hydrogens is 472 g/mol. The number of nitrogens with one attached hydrogen (secondary N) is 2. The van der Waals surface area contributed by atoms with Gasteiger partial charge in [0.1, 0.15) is 16.7 Å². The largest absolute Gasteiger partial charge is 0.343 e. The molecule has 1 aromatic carbocycles. The molecule has 1 aromatic heterocycles. The summed E-state index contributed by atoms with van der Waals surface area (Å²) in [6, 6.07) is 6.64. The molecule has 2 aliphatic rings. The second kappa shape index (κ2) is 12.1. The van der Waals surface area contributed by atoms with Gasteiger partial charge in [0.15, 0.2) is 0 Å². The van der Waals surface area contributed by atoms with Crippen LogP contribution in [0.1, 0.15) is 91.5 Å². The van der Waals surface area contributed by atoms with Gasteiger partial charge in [0.25, 0.3) is 0 Å². The quantitative estimate of drug-likeness (QED) is 0.492. The number of amides is 2. The van der Waals surface area contributed by atoms with Crippen molar-refractivity contribution in [2.75, 3.05) is 13.6 Å². The monoisotopic (exact) mass is 510 g/mol. The van der Waals surface area contributed by atoms with E-state index in [2.05, 4.69) is 17.6 Å². The summed E-state index contributed by atoms with van der Waals surface area (Å²) in [4.78, 5) is 46.4. The van der Waals surface area contributed by atoms with Crippen LogP contribution in [0.25, 0.3) is 0 Å². The summed E-state index contributed by atoms with van der Waals surface area (Å²) in [5, 5.41) is 8.66. The Hall–Kier alpha value is -2.58. The molecule has 7 nitrogen and oxygen atoms in total. The van der Waals surface area contributed by atoms with Crippen molar-refractivity contribution in [2.45, 2.75) is 83.3 Å². The second-order valence-corrected chi connectivity index (χ2v) is 10.9. The molecule has 0 spiro atoms. The van der Waals surface area contributed by atoms with E-state index in [0.717, 1.165) is 55.5 Å². The Balaban J connectivity index is 1.53. The second-order valence-electron chi connectivity index (χ2n) is 10.0. The molecule has 2 fully saturated rings. The molecule has 3 unspecified atom stereocenters. The molecule has 2 aromatic rings. The van der Waals surface area contributed by atoms with Crippen molar-refractivity contribution in [1.82, 2.24) is 20.5 Å². The number of thiazole rings is 1. The van der Waals surface area contributed by atoms with Crippen LogP contribution in [0.4, 0.5) is 0 Å². The number of nitrogens with zero attached hydrogens (tertiary/aromatic N) is 2. The number of benzene rings is 1. The number of ketones is 1. The van der Waals surface area contributed by atoms with E-state index >= 15 is 0 Å². The Morgan fingerprint density at radius 2 is 1.92 bits per heavy atom. The predicted octanol–water partition coefficient (Wildman–Crippen LogP) is 4.27. The predicted molar refractivity (Wildman–Crippen MR) is 142 cm³/mol. The molecule has 3 atom stereocenters. The lowest BCUT2D eigenvalue weighted by molar-refractivity contribution is -0.139. The van der Waals surface area contributed by atoms with E-state index in [1.54, 1.807) is 14.0 Å². The summed E-state index contributed by atoms with van der Waals surface area (Å²) in [5.74, 6) is -0.0924. The molecule has 0 radical (unpaired) electrons. The lowest BCUT2D eigenvalue weighted by atomic mass is 9.83. The first-order valence-corrected chi connectivity index (χ1v) is 14.2. The molecule has 2 amide bonds. The number of rotatable bonds is 9. The molecule has 194 valence electrons. The van der Waals surface area contributed by atoms with Gasteiger partial charge in [-0.3, -0.25) is 14.4 Å². The smallest absolute Gasteiger partial charge is 0.246 e. The topological polar surface area (TPSA) is 91.4 Å². The number of aromatic nitrogens is 1. The standard InChI is InChI=1S/C28H38N4O3S/c1-4-19-10-8-13-21(16-19)25(33)22-17-36-27(30-22)23-14-9-15-32(23)28(35)24(20-11-6-5-7-12-20)31-26(34)18(2)29-3/h8,10,13,16-18,20,23-24,29H,4-7,9,11-12,14-15H2,1-3H3,(H,31,34). The van der Waals surface area contributed by atoms with E-state index in [-0.39, 0.29) is 35.6 Å². The average Bonchev–Trinajstić information content (AvgIpc) is 3.61. The van der Waals surface area contributed by atoms with E-state index in [1.165, 1.54) is 17.8 Å². The van der Waals surface area contributed by atoms with Crippen molar-refractivity contribution in [3.63, 3.8) is 0 Å². The van der Waals surface area contributed by atoms with Crippen molar-refractivity contribution >= 4 is 28.9 Å². The number of hydrogen-bond donors (Lipinski definition) is 2. The van der Waals surface area contributed by atoms with Gasteiger partial charge in [-0.1, -0.05) is 44.4 Å². The van der Waals surface area contributed by atoms with Crippen LogP contribution in [0.3, 0.4) is 0 Å². The van der Waals surface area contributed by atoms with Crippen LogP contribution in [0.2, 0.25) is 0 Å². The van der Waals surface area contributed by atoms with Crippen LogP contribution in [0.15, 0.2) is 29.6 Å². The fourth-order valence-corrected chi connectivity index (χ4v) is 6.29. The average molecular weight is 511 g/mol. The van der Waals surface area contributed by atoms with Crippen LogP contribution in [0.5, 0.6) is 0 Å². The van der Waals surface area contributed by atoms with Gasteiger partial charge >= 0.3 is 0 Å². The Bertz CT molecular complexity index is 1080. The van der Waals surface area contributed by atoms with Gasteiger partial charge < -0.3 is 15.5 Å². The van der Waals surface area contributed by atoms with Crippen molar-refractivity contribution in [1.29, 1.82) is 0 Å². The normalized spacial score (nSPS) is 20.2. The number of carbonyl (C=O) groups is 3. The number of aryl methyl sites for hydroxylation is 1. The van der Waals surface area contributed by atoms with Crippen LogP contribution in [-0.4, -0.2) is 53.2 Å². The Labute approximate surface area is 218 Å². The third kappa shape index (κ3) is 5.86. The van der Waals surface area contributed by atoms with Gasteiger partial charge in [-0.05, 0) is 63.6 Å². The highest BCUT2D eigenvalue weighted by molar-refractivity contribution is 7.10. The van der Waals surface area contributed by atoms with Crippen LogP contribution in [0, 0.1) is 5.92 Å². The summed E-state index contributed by atoms with van der Waals surface area (Å²) < 4.78 is 0. The van der Waals surface area contributed by atoms with E-state index in [0.29, 0.717) is 17.8 Å². The molecule has 1 saturated carbocycles. The van der Waals surface area contributed by atoms with Crippen LogP contribution >= 0.6 is 11.3 Å². The molecule has 0 bridgehead atoms. The zero-order valence-electron chi connectivity index (χ0n) is 21.6. The summed E-state index contributed by atoms with van der Waals surface area (Å²) in [6.45, 7) is 4.52. The Morgan fingerprint density at radius 1 is 1.14 bits per heavy atom. The minimum absolute atomic E-state index is 0.0141. The maximum atomic E-state index is 13.9. The minimum Gasteiger partial charge on any atom is -0.343 e. The lowest BCUT2D eigenvalue weighted by Crippen LogP contribution is -2.55. The minimum atomic E-state index is -0.521. The van der Waals surface area contributed by atoms with E-state index in [1.807, 2.05) is 34.5 Å². The van der Waals surface area contributed by atoms with E-state index in [4.69, 9.17) is 4.98 Å². The van der Waals surface area contributed by atoms with Gasteiger partial charge in [0, 0.05) is 17.5 Å². The summed E-state index contributed by atoms with van der Waals surface area (Å²) in [5.41, 5.74) is 2.19. The molecule has 1 aliphatic heterocycles. The highest BCUT2D eigenvalue weighted by Crippen LogP contribution is 2.36. The van der Waals surface area contributed by atoms with Gasteiger partial charge in [-0.2, -0.15) is 0 Å². The number of likely N-dealkylation sites (tertiary alicyclic amines) is 1. The SMILES string of the molecule is CCc1cccc(C(=O)c2csc(C3CCCN3C(=O)C(NC(=O)C(C)NC)C3CCCCC3)n2)c1. The Kier molecular flexibility index (Phi) is 8.90. The maximum Gasteiger partial charge on any atom is 0.246 e. The number of carbonyl (C=O) groups excluding carboxylic acids is 3. The van der Waals surface area contributed by atoms with Gasteiger partial charge in [0.05, 0.1) is 12.1 Å². The number of hydrogen-bond acceptors (Lipinski definition) is 6. The van der Waals surface area contributed by atoms with Crippen molar-refractivity contribution < 1.29 is 14.4 Å². The first-order chi connectivity index (χ1) is 17.4. The summed E-state index contributed by atoms with van der Waals surface area (Å²) >= 11 is 1.45. The van der Waals surface area contributed by atoms with Crippen LogP contribution < -0.4 is 10.6 Å². The third-order valence-electron chi connectivity index (χ3n) is 7.68. The Morgan fingerprint density at radius 3 is 2.64 bits per heavy atom. The molecular formula is C28H38N4O3S. The molecule has 36 heavy (non-hydrogen) atoms. The van der Waals surface area contributed by atoms with Gasteiger partial charge in [-0.15, -0.1) is 11.3 Å². The number of likely N-dealkylation sites (N-methyl/N-ethyl adjacent to an activating group) is 1. The van der Waals surface area contributed by atoms with Crippen LogP contribution in [-0.2, 0) is 16.0 Å². The first kappa shape index (κ1) is 26.5. The third-order valence-corrected chi connectivity index (χ3v) is 8.63. The molecule has 2 heterocycles. The van der Waals surface area contributed by atoms with Crippen molar-refractivity contribution in [2.24, 2.45) is 5.92 Å². The lowest BCUT2D eigenvalue weighted by Gasteiger charge is -2.35. The van der Waals surface area contributed by atoms with Crippen molar-refractivity contribution in [3.8, 4) is 0 Å². The highest BCUT2D eigenvalue weighted by atomic mass is 32.1. The molecule has 1 saturated heterocycles.